The van der Waals surface area contributed by atoms with Crippen molar-refractivity contribution in [3.05, 3.63) is 193 Å². The van der Waals surface area contributed by atoms with E-state index in [2.05, 4.69) is 206 Å². The fourth-order valence-corrected chi connectivity index (χ4v) is 7.86. The Morgan fingerprint density at radius 1 is 0.367 bits per heavy atom. The van der Waals surface area contributed by atoms with Gasteiger partial charge in [0, 0.05) is 38.9 Å². The molecule has 0 saturated heterocycles. The van der Waals surface area contributed by atoms with E-state index < -0.39 is 0 Å². The van der Waals surface area contributed by atoms with Gasteiger partial charge in [0.1, 0.15) is 0 Å². The highest BCUT2D eigenvalue weighted by Gasteiger charge is 2.38. The van der Waals surface area contributed by atoms with Gasteiger partial charge in [-0.05, 0) is 93.7 Å². The van der Waals surface area contributed by atoms with E-state index in [1.807, 2.05) is 0 Å². The zero-order chi connectivity index (χ0) is 33.0. The van der Waals surface area contributed by atoms with Gasteiger partial charge in [-0.1, -0.05) is 135 Å². The first kappa shape index (κ1) is 29.1. The minimum atomic E-state index is -0.236. The van der Waals surface area contributed by atoms with Crippen molar-refractivity contribution in [3.63, 3.8) is 0 Å². The summed E-state index contributed by atoms with van der Waals surface area (Å²) in [4.78, 5) is 4.82. The molecule has 1 aliphatic rings. The predicted molar refractivity (Wildman–Crippen MR) is 208 cm³/mol. The third-order valence-electron chi connectivity index (χ3n) is 10.2. The standard InChI is InChI=1S/C47H36N2/c1-47(2)42-31-37(49(36-23-10-5-11-24-36)44-28-16-18-33-17-12-13-25-38(33)44)29-30-41(42)46-40-27-15-14-26-39(40)45(32-43(46)47)48(34-19-6-3-7-20-34)35-21-8-4-9-22-35/h3-32H,1-2H3. The van der Waals surface area contributed by atoms with Gasteiger partial charge >= 0.3 is 0 Å². The summed E-state index contributed by atoms with van der Waals surface area (Å²) in [5.74, 6) is 0. The summed E-state index contributed by atoms with van der Waals surface area (Å²) < 4.78 is 0. The minimum Gasteiger partial charge on any atom is -0.310 e. The molecule has 234 valence electrons. The van der Waals surface area contributed by atoms with Gasteiger partial charge in [-0.25, -0.2) is 0 Å². The van der Waals surface area contributed by atoms with Crippen LogP contribution in [0.5, 0.6) is 0 Å². The summed E-state index contributed by atoms with van der Waals surface area (Å²) in [6, 6.07) is 66.0. The van der Waals surface area contributed by atoms with Crippen molar-refractivity contribution in [1.82, 2.24) is 0 Å². The molecule has 0 unspecified atom stereocenters. The lowest BCUT2D eigenvalue weighted by Gasteiger charge is -2.30. The zero-order valence-corrected chi connectivity index (χ0v) is 27.7. The van der Waals surface area contributed by atoms with Crippen LogP contribution < -0.4 is 9.80 Å². The maximum Gasteiger partial charge on any atom is 0.0543 e. The number of para-hydroxylation sites is 3. The Balaban J connectivity index is 1.27. The molecule has 0 N–H and O–H groups in total. The summed E-state index contributed by atoms with van der Waals surface area (Å²) in [6.07, 6.45) is 0. The smallest absolute Gasteiger partial charge is 0.0543 e. The van der Waals surface area contributed by atoms with E-state index in [9.17, 15) is 0 Å². The van der Waals surface area contributed by atoms with Crippen LogP contribution in [0.15, 0.2) is 182 Å². The largest absolute Gasteiger partial charge is 0.310 e. The molecule has 0 heterocycles. The molecule has 0 aliphatic heterocycles. The molecule has 0 saturated carbocycles. The highest BCUT2D eigenvalue weighted by Crippen LogP contribution is 2.55. The minimum absolute atomic E-state index is 0.236. The quantitative estimate of drug-likeness (QED) is 0.181. The molecule has 0 bridgehead atoms. The second kappa shape index (κ2) is 11.5. The first-order chi connectivity index (χ1) is 24.1. The summed E-state index contributed by atoms with van der Waals surface area (Å²) in [7, 11) is 0. The zero-order valence-electron chi connectivity index (χ0n) is 27.7. The molecule has 9 rings (SSSR count). The first-order valence-corrected chi connectivity index (χ1v) is 17.0. The Labute approximate surface area is 288 Å². The van der Waals surface area contributed by atoms with Gasteiger partial charge in [0.05, 0.1) is 11.4 Å². The summed E-state index contributed by atoms with van der Waals surface area (Å²) >= 11 is 0. The average molecular weight is 629 g/mol. The third kappa shape index (κ3) is 4.71. The molecule has 8 aromatic rings. The Morgan fingerprint density at radius 2 is 0.878 bits per heavy atom. The van der Waals surface area contributed by atoms with Crippen LogP contribution in [0.2, 0.25) is 0 Å². The van der Waals surface area contributed by atoms with Gasteiger partial charge in [0.2, 0.25) is 0 Å². The lowest BCUT2D eigenvalue weighted by Crippen LogP contribution is -2.18. The van der Waals surface area contributed by atoms with E-state index in [0.29, 0.717) is 0 Å². The highest BCUT2D eigenvalue weighted by molar-refractivity contribution is 6.10. The van der Waals surface area contributed by atoms with Gasteiger partial charge in [-0.2, -0.15) is 0 Å². The normalized spacial score (nSPS) is 12.9. The maximum atomic E-state index is 2.46. The van der Waals surface area contributed by atoms with Crippen LogP contribution in [0.4, 0.5) is 34.1 Å². The van der Waals surface area contributed by atoms with Crippen LogP contribution >= 0.6 is 0 Å². The third-order valence-corrected chi connectivity index (χ3v) is 10.2. The second-order valence-electron chi connectivity index (χ2n) is 13.4. The van der Waals surface area contributed by atoms with Crippen LogP contribution in [-0.2, 0) is 5.41 Å². The van der Waals surface area contributed by atoms with Crippen molar-refractivity contribution < 1.29 is 0 Å². The monoisotopic (exact) mass is 628 g/mol. The molecule has 0 atom stereocenters. The van der Waals surface area contributed by atoms with Crippen LogP contribution in [-0.4, -0.2) is 0 Å². The highest BCUT2D eigenvalue weighted by atomic mass is 15.1. The van der Waals surface area contributed by atoms with Crippen LogP contribution in [0.25, 0.3) is 32.7 Å². The van der Waals surface area contributed by atoms with Gasteiger partial charge in [0.15, 0.2) is 0 Å². The van der Waals surface area contributed by atoms with E-state index in [4.69, 9.17) is 0 Å². The van der Waals surface area contributed by atoms with Gasteiger partial charge in [-0.15, -0.1) is 0 Å². The van der Waals surface area contributed by atoms with E-state index in [1.165, 1.54) is 55.2 Å². The molecule has 0 fully saturated rings. The summed E-state index contributed by atoms with van der Waals surface area (Å²) in [5.41, 5.74) is 12.0. The molecule has 49 heavy (non-hydrogen) atoms. The van der Waals surface area contributed by atoms with Crippen molar-refractivity contribution in [2.75, 3.05) is 9.80 Å². The molecule has 0 amide bonds. The molecule has 0 spiro atoms. The van der Waals surface area contributed by atoms with Gasteiger partial charge in [-0.3, -0.25) is 0 Å². The fraction of sp³-hybridized carbons (Fsp3) is 0.0638. The molecular formula is C47H36N2. The van der Waals surface area contributed by atoms with Crippen LogP contribution in [0, 0.1) is 0 Å². The van der Waals surface area contributed by atoms with E-state index in [1.54, 1.807) is 0 Å². The Bertz CT molecular complexity index is 2420. The van der Waals surface area contributed by atoms with E-state index in [0.717, 1.165) is 22.7 Å². The number of fused-ring (bicyclic) bond motifs is 6. The number of rotatable bonds is 6. The fourth-order valence-electron chi connectivity index (χ4n) is 7.86. The van der Waals surface area contributed by atoms with Crippen molar-refractivity contribution in [3.8, 4) is 11.1 Å². The number of benzene rings is 8. The van der Waals surface area contributed by atoms with E-state index >= 15 is 0 Å². The molecule has 8 aromatic carbocycles. The number of anilines is 6. The molecule has 2 nitrogen and oxygen atoms in total. The molecular weight excluding hydrogens is 593 g/mol. The average Bonchev–Trinajstić information content (AvgIpc) is 3.39. The van der Waals surface area contributed by atoms with Crippen molar-refractivity contribution in [2.24, 2.45) is 0 Å². The molecule has 1 aliphatic carbocycles. The van der Waals surface area contributed by atoms with Crippen LogP contribution in [0.1, 0.15) is 25.0 Å². The lowest BCUT2D eigenvalue weighted by molar-refractivity contribution is 0.661. The summed E-state index contributed by atoms with van der Waals surface area (Å²) in [6.45, 7) is 4.78. The molecule has 2 heteroatoms. The van der Waals surface area contributed by atoms with Crippen LogP contribution in [0.3, 0.4) is 0 Å². The number of hydrogen-bond acceptors (Lipinski definition) is 2. The van der Waals surface area contributed by atoms with Gasteiger partial charge < -0.3 is 9.80 Å². The SMILES string of the molecule is CC1(C)c2cc(N(c3ccccc3)c3cccc4ccccc34)ccc2-c2c1cc(N(c1ccccc1)c1ccccc1)c1ccccc21. The van der Waals surface area contributed by atoms with E-state index in [-0.39, 0.29) is 5.41 Å². The Hall–Kier alpha value is -6.12. The van der Waals surface area contributed by atoms with Gasteiger partial charge in [0.25, 0.3) is 0 Å². The Morgan fingerprint density at radius 3 is 1.51 bits per heavy atom. The lowest BCUT2D eigenvalue weighted by atomic mass is 9.81. The Kier molecular flexibility index (Phi) is 6.84. The number of nitrogens with zero attached hydrogens (tertiary/aromatic N) is 2. The molecule has 0 aromatic heterocycles. The van der Waals surface area contributed by atoms with Crippen molar-refractivity contribution >= 4 is 55.7 Å². The van der Waals surface area contributed by atoms with Crippen molar-refractivity contribution in [2.45, 2.75) is 19.3 Å². The predicted octanol–water partition coefficient (Wildman–Crippen LogP) is 13.2. The maximum absolute atomic E-state index is 2.46. The topological polar surface area (TPSA) is 6.48 Å². The summed E-state index contributed by atoms with van der Waals surface area (Å²) in [5, 5.41) is 4.98. The first-order valence-electron chi connectivity index (χ1n) is 17.0. The number of hydrogen-bond donors (Lipinski definition) is 0. The van der Waals surface area contributed by atoms with Crippen molar-refractivity contribution in [1.29, 1.82) is 0 Å². The second-order valence-corrected chi connectivity index (χ2v) is 13.4. The molecule has 0 radical (unpaired) electrons.